The van der Waals surface area contributed by atoms with Gasteiger partial charge in [0.2, 0.25) is 0 Å². The largest absolute Gasteiger partial charge is 0.465 e. The molecule has 0 aliphatic heterocycles. The van der Waals surface area contributed by atoms with Gasteiger partial charge in [-0.15, -0.1) is 0 Å². The molecule has 0 unspecified atom stereocenters. The second-order valence-corrected chi connectivity index (χ2v) is 3.94. The van der Waals surface area contributed by atoms with Gasteiger partial charge >= 0.3 is 5.97 Å². The lowest BCUT2D eigenvalue weighted by Gasteiger charge is -2.24. The van der Waals surface area contributed by atoms with E-state index in [2.05, 4.69) is 4.74 Å². The molecule has 0 fully saturated rings. The van der Waals surface area contributed by atoms with Crippen molar-refractivity contribution in [2.75, 3.05) is 37.4 Å². The van der Waals surface area contributed by atoms with Crippen LogP contribution in [0, 0.1) is 5.82 Å². The van der Waals surface area contributed by atoms with Gasteiger partial charge in [0.05, 0.1) is 31.5 Å². The molecule has 0 aliphatic carbocycles. The zero-order chi connectivity index (χ0) is 15.3. The minimum atomic E-state index is -2.72. The number of methoxy groups -OCH3 is 1. The first kappa shape index (κ1) is 16.1. The molecule has 1 rings (SSSR count). The number of nitrogens with zero attached hydrogens (tertiary/aromatic N) is 1. The number of hydrogen-bond donors (Lipinski definition) is 2. The quantitative estimate of drug-likeness (QED) is 0.610. The molecule has 20 heavy (non-hydrogen) atoms. The fourth-order valence-electron chi connectivity index (χ4n) is 1.70. The van der Waals surface area contributed by atoms with Crippen LogP contribution in [0.1, 0.15) is 10.4 Å². The first-order valence-electron chi connectivity index (χ1n) is 5.72. The smallest absolute Gasteiger partial charge is 0.340 e. The first-order valence-corrected chi connectivity index (χ1v) is 5.72. The van der Waals surface area contributed by atoms with E-state index >= 15 is 0 Å². The molecule has 112 valence electrons. The second-order valence-electron chi connectivity index (χ2n) is 3.94. The van der Waals surface area contributed by atoms with E-state index < -0.39 is 31.4 Å². The third-order valence-electron chi connectivity index (χ3n) is 2.59. The number of esters is 1. The molecule has 0 radical (unpaired) electrons. The predicted octanol–water partition coefficient (Wildman–Crippen LogP) is 1.26. The number of rotatable bonds is 6. The summed E-state index contributed by atoms with van der Waals surface area (Å²) >= 11 is 0. The first-order chi connectivity index (χ1) is 9.40. The highest BCUT2D eigenvalue weighted by Crippen LogP contribution is 2.26. The lowest BCUT2D eigenvalue weighted by atomic mass is 10.1. The highest BCUT2D eigenvalue weighted by atomic mass is 19.3. The van der Waals surface area contributed by atoms with Crippen molar-refractivity contribution in [3.05, 3.63) is 23.5 Å². The SMILES string of the molecule is COC(=O)c1cc(N(CCO)CC(F)F)c(F)cc1N. The number of benzene rings is 1. The van der Waals surface area contributed by atoms with Gasteiger partial charge in [-0.05, 0) is 12.1 Å². The standard InChI is InChI=1S/C12H15F3N2O3/c1-20-12(19)7-4-10(8(13)5-9(7)16)17(2-3-18)6-11(14)15/h4-5,11,18H,2-3,6,16H2,1H3. The Bertz CT molecular complexity index is 483. The van der Waals surface area contributed by atoms with E-state index in [1.807, 2.05) is 0 Å². The molecule has 0 saturated carbocycles. The van der Waals surface area contributed by atoms with Crippen LogP contribution in [0.3, 0.4) is 0 Å². The molecule has 0 aliphatic rings. The highest BCUT2D eigenvalue weighted by molar-refractivity contribution is 5.96. The predicted molar refractivity (Wildman–Crippen MR) is 67.5 cm³/mol. The van der Waals surface area contributed by atoms with Crippen LogP contribution < -0.4 is 10.6 Å². The lowest BCUT2D eigenvalue weighted by molar-refractivity contribution is 0.0602. The van der Waals surface area contributed by atoms with Crippen LogP contribution in [0.4, 0.5) is 24.5 Å². The molecule has 1 aromatic carbocycles. The van der Waals surface area contributed by atoms with Gasteiger partial charge in [-0.25, -0.2) is 18.0 Å². The Hall–Kier alpha value is -1.96. The van der Waals surface area contributed by atoms with Crippen LogP contribution in [0.25, 0.3) is 0 Å². The maximum atomic E-state index is 13.8. The Morgan fingerprint density at radius 3 is 2.65 bits per heavy atom. The van der Waals surface area contributed by atoms with Crippen LogP contribution in [0.2, 0.25) is 0 Å². The Labute approximate surface area is 113 Å². The van der Waals surface area contributed by atoms with E-state index in [1.54, 1.807) is 0 Å². The third-order valence-corrected chi connectivity index (χ3v) is 2.59. The van der Waals surface area contributed by atoms with E-state index in [0.717, 1.165) is 24.1 Å². The fraction of sp³-hybridized carbons (Fsp3) is 0.417. The van der Waals surface area contributed by atoms with Gasteiger partial charge in [0.25, 0.3) is 6.43 Å². The van der Waals surface area contributed by atoms with Gasteiger partial charge in [-0.1, -0.05) is 0 Å². The number of aliphatic hydroxyl groups excluding tert-OH is 1. The molecule has 0 saturated heterocycles. The monoisotopic (exact) mass is 292 g/mol. The van der Waals surface area contributed by atoms with Gasteiger partial charge in [-0.3, -0.25) is 0 Å². The topological polar surface area (TPSA) is 75.8 Å². The molecule has 3 N–H and O–H groups in total. The van der Waals surface area contributed by atoms with E-state index in [-0.39, 0.29) is 23.5 Å². The molecular formula is C12H15F3N2O3. The van der Waals surface area contributed by atoms with Gasteiger partial charge in [0, 0.05) is 12.2 Å². The zero-order valence-corrected chi connectivity index (χ0v) is 10.8. The summed E-state index contributed by atoms with van der Waals surface area (Å²) in [6.45, 7) is -1.42. The fourth-order valence-corrected chi connectivity index (χ4v) is 1.70. The van der Waals surface area contributed by atoms with Crippen molar-refractivity contribution in [1.29, 1.82) is 0 Å². The number of nitrogens with two attached hydrogens (primary N) is 1. The number of halogens is 3. The normalized spacial score (nSPS) is 10.7. The third kappa shape index (κ3) is 3.77. The lowest BCUT2D eigenvalue weighted by Crippen LogP contribution is -2.32. The van der Waals surface area contributed by atoms with Crippen molar-refractivity contribution in [2.45, 2.75) is 6.43 Å². The van der Waals surface area contributed by atoms with Crippen molar-refractivity contribution in [2.24, 2.45) is 0 Å². The summed E-state index contributed by atoms with van der Waals surface area (Å²) in [6, 6.07) is 1.89. The minimum Gasteiger partial charge on any atom is -0.465 e. The molecular weight excluding hydrogens is 277 g/mol. The van der Waals surface area contributed by atoms with Crippen LogP contribution in [-0.2, 0) is 4.74 Å². The summed E-state index contributed by atoms with van der Waals surface area (Å²) in [5, 5.41) is 8.86. The maximum Gasteiger partial charge on any atom is 0.340 e. The van der Waals surface area contributed by atoms with Crippen LogP contribution in [0.5, 0.6) is 0 Å². The number of hydrogen-bond acceptors (Lipinski definition) is 5. The Kier molecular flexibility index (Phi) is 5.63. The summed E-state index contributed by atoms with van der Waals surface area (Å²) in [5.74, 6) is -1.66. The Morgan fingerprint density at radius 1 is 1.50 bits per heavy atom. The average molecular weight is 292 g/mol. The highest BCUT2D eigenvalue weighted by Gasteiger charge is 2.20. The summed E-state index contributed by atoms with van der Waals surface area (Å²) in [7, 11) is 1.12. The summed E-state index contributed by atoms with van der Waals surface area (Å²) < 4.78 is 43.2. The average Bonchev–Trinajstić information content (AvgIpc) is 2.37. The Morgan fingerprint density at radius 2 is 2.15 bits per heavy atom. The summed E-state index contributed by atoms with van der Waals surface area (Å²) in [4.78, 5) is 12.4. The number of carbonyl (C=O) groups is 1. The Balaban J connectivity index is 3.22. The molecule has 0 bridgehead atoms. The molecule has 8 heteroatoms. The number of ether oxygens (including phenoxy) is 1. The van der Waals surface area contributed by atoms with Crippen LogP contribution in [0.15, 0.2) is 12.1 Å². The van der Waals surface area contributed by atoms with Crippen molar-refractivity contribution >= 4 is 17.3 Å². The molecule has 0 heterocycles. The van der Waals surface area contributed by atoms with Crippen LogP contribution >= 0.6 is 0 Å². The van der Waals surface area contributed by atoms with Gasteiger partial charge < -0.3 is 20.5 Å². The molecule has 0 amide bonds. The van der Waals surface area contributed by atoms with Crippen LogP contribution in [-0.4, -0.2) is 44.3 Å². The van der Waals surface area contributed by atoms with Crippen molar-refractivity contribution in [3.63, 3.8) is 0 Å². The van der Waals surface area contributed by atoms with Gasteiger partial charge in [0.15, 0.2) is 0 Å². The minimum absolute atomic E-state index is 0.124. The molecule has 0 spiro atoms. The number of aliphatic hydroxyl groups is 1. The van der Waals surface area contributed by atoms with E-state index in [9.17, 15) is 18.0 Å². The van der Waals surface area contributed by atoms with E-state index in [1.165, 1.54) is 0 Å². The van der Waals surface area contributed by atoms with Gasteiger partial charge in [-0.2, -0.15) is 0 Å². The van der Waals surface area contributed by atoms with E-state index in [0.29, 0.717) is 0 Å². The number of anilines is 2. The zero-order valence-electron chi connectivity index (χ0n) is 10.8. The second kappa shape index (κ2) is 6.99. The summed E-state index contributed by atoms with van der Waals surface area (Å²) in [6.07, 6.45) is -2.72. The van der Waals surface area contributed by atoms with Crippen molar-refractivity contribution < 1.29 is 27.8 Å². The number of nitrogen functional groups attached to an aromatic ring is 1. The molecule has 0 atom stereocenters. The van der Waals surface area contributed by atoms with Crippen molar-refractivity contribution in [1.82, 2.24) is 0 Å². The van der Waals surface area contributed by atoms with E-state index in [4.69, 9.17) is 10.8 Å². The maximum absolute atomic E-state index is 13.8. The summed E-state index contributed by atoms with van der Waals surface area (Å²) in [5.41, 5.74) is 4.97. The molecule has 0 aromatic heterocycles. The van der Waals surface area contributed by atoms with Gasteiger partial charge in [0.1, 0.15) is 5.82 Å². The molecule has 1 aromatic rings. The number of carbonyl (C=O) groups excluding carboxylic acids is 1. The molecule has 5 nitrogen and oxygen atoms in total. The van der Waals surface area contributed by atoms with Crippen molar-refractivity contribution in [3.8, 4) is 0 Å². The number of alkyl halides is 2.